The summed E-state index contributed by atoms with van der Waals surface area (Å²) in [7, 11) is 3.24. The molecule has 0 fully saturated rings. The van der Waals surface area contributed by atoms with Crippen molar-refractivity contribution in [3.63, 3.8) is 0 Å². The molecule has 96 valence electrons. The number of benzene rings is 1. The molecule has 2 rings (SSSR count). The van der Waals surface area contributed by atoms with Crippen molar-refractivity contribution in [3.05, 3.63) is 45.7 Å². The summed E-state index contributed by atoms with van der Waals surface area (Å²) in [6.45, 7) is 0. The highest BCUT2D eigenvalue weighted by molar-refractivity contribution is 6.31. The molecule has 1 aromatic heterocycles. The van der Waals surface area contributed by atoms with E-state index in [9.17, 15) is 5.11 Å². The summed E-state index contributed by atoms with van der Waals surface area (Å²) in [5.41, 5.74) is 1.10. The van der Waals surface area contributed by atoms with Crippen molar-refractivity contribution in [2.24, 2.45) is 7.05 Å². The largest absolute Gasteiger partial charge is 0.496 e. The normalized spacial score (nSPS) is 12.5. The van der Waals surface area contributed by atoms with E-state index >= 15 is 0 Å². The van der Waals surface area contributed by atoms with E-state index < -0.39 is 6.10 Å². The van der Waals surface area contributed by atoms with E-state index in [1.807, 2.05) is 0 Å². The number of methoxy groups -OCH3 is 1. The molecule has 0 amide bonds. The maximum Gasteiger partial charge on any atom is 0.126 e. The van der Waals surface area contributed by atoms with Crippen molar-refractivity contribution in [2.75, 3.05) is 7.11 Å². The fourth-order valence-corrected chi connectivity index (χ4v) is 2.22. The van der Waals surface area contributed by atoms with Crippen LogP contribution in [0, 0.1) is 0 Å². The third kappa shape index (κ3) is 2.32. The fraction of sp³-hybridized carbons (Fsp3) is 0.250. The Morgan fingerprint density at radius 3 is 2.67 bits per heavy atom. The Kier molecular flexibility index (Phi) is 3.80. The molecule has 0 spiro atoms. The summed E-state index contributed by atoms with van der Waals surface area (Å²) in [5, 5.41) is 15.3. The molecule has 1 unspecified atom stereocenters. The molecular weight excluding hydrogens is 275 g/mol. The first-order chi connectivity index (χ1) is 8.54. The van der Waals surface area contributed by atoms with Gasteiger partial charge in [-0.25, -0.2) is 0 Å². The van der Waals surface area contributed by atoms with Crippen molar-refractivity contribution in [3.8, 4) is 5.75 Å². The molecule has 1 atom stereocenters. The predicted molar refractivity (Wildman–Crippen MR) is 70.3 cm³/mol. The van der Waals surface area contributed by atoms with Gasteiger partial charge in [0.25, 0.3) is 0 Å². The Balaban J connectivity index is 2.49. The Labute approximate surface area is 115 Å². The van der Waals surface area contributed by atoms with E-state index in [1.165, 1.54) is 18.0 Å². The second-order valence-electron chi connectivity index (χ2n) is 3.79. The van der Waals surface area contributed by atoms with Gasteiger partial charge in [0.05, 0.1) is 24.0 Å². The molecule has 0 bridgehead atoms. The van der Waals surface area contributed by atoms with Crippen LogP contribution in [0.4, 0.5) is 0 Å². The van der Waals surface area contributed by atoms with Gasteiger partial charge in [0.15, 0.2) is 0 Å². The number of rotatable bonds is 3. The van der Waals surface area contributed by atoms with Crippen LogP contribution in [0.25, 0.3) is 0 Å². The van der Waals surface area contributed by atoms with Crippen LogP contribution in [0.3, 0.4) is 0 Å². The number of aryl methyl sites for hydroxylation is 1. The molecule has 0 saturated carbocycles. The lowest BCUT2D eigenvalue weighted by Gasteiger charge is -2.15. The maximum atomic E-state index is 10.4. The van der Waals surface area contributed by atoms with Gasteiger partial charge in [-0.15, -0.1) is 0 Å². The zero-order valence-corrected chi connectivity index (χ0v) is 11.4. The average molecular weight is 287 g/mol. The minimum absolute atomic E-state index is 0.405. The Hall–Kier alpha value is -1.23. The molecule has 0 saturated heterocycles. The van der Waals surface area contributed by atoms with Crippen LogP contribution in [-0.2, 0) is 7.05 Å². The number of halogens is 2. The lowest BCUT2D eigenvalue weighted by atomic mass is 10.1. The summed E-state index contributed by atoms with van der Waals surface area (Å²) >= 11 is 11.9. The lowest BCUT2D eigenvalue weighted by molar-refractivity contribution is 0.204. The highest BCUT2D eigenvalue weighted by Gasteiger charge is 2.21. The van der Waals surface area contributed by atoms with Gasteiger partial charge in [-0.1, -0.05) is 29.3 Å². The molecule has 1 N–H and O–H groups in total. The van der Waals surface area contributed by atoms with E-state index in [4.69, 9.17) is 27.9 Å². The first-order valence-electron chi connectivity index (χ1n) is 5.23. The molecule has 0 radical (unpaired) electrons. The first-order valence-corrected chi connectivity index (χ1v) is 5.99. The molecule has 18 heavy (non-hydrogen) atoms. The van der Waals surface area contributed by atoms with Gasteiger partial charge in [-0.2, -0.15) is 5.10 Å². The predicted octanol–water partition coefficient (Wildman–Crippen LogP) is 2.82. The smallest absolute Gasteiger partial charge is 0.126 e. The molecule has 1 heterocycles. The van der Waals surface area contributed by atoms with Gasteiger partial charge in [0, 0.05) is 17.6 Å². The summed E-state index contributed by atoms with van der Waals surface area (Å²) < 4.78 is 6.74. The van der Waals surface area contributed by atoms with E-state index in [0.717, 1.165) is 0 Å². The third-order valence-corrected chi connectivity index (χ3v) is 3.21. The highest BCUT2D eigenvalue weighted by atomic mass is 35.5. The molecule has 6 heteroatoms. The molecular formula is C12H12Cl2N2O2. The Morgan fingerprint density at radius 1 is 1.39 bits per heavy atom. The quantitative estimate of drug-likeness (QED) is 0.944. The van der Waals surface area contributed by atoms with E-state index in [1.54, 1.807) is 25.2 Å². The van der Waals surface area contributed by atoms with Gasteiger partial charge in [0.2, 0.25) is 0 Å². The minimum atomic E-state index is -0.919. The van der Waals surface area contributed by atoms with E-state index in [2.05, 4.69) is 5.10 Å². The van der Waals surface area contributed by atoms with Crippen LogP contribution in [0.5, 0.6) is 5.75 Å². The highest BCUT2D eigenvalue weighted by Crippen LogP contribution is 2.34. The Morgan fingerprint density at radius 2 is 2.11 bits per heavy atom. The van der Waals surface area contributed by atoms with E-state index in [-0.39, 0.29) is 0 Å². The number of hydrogen-bond donors (Lipinski definition) is 1. The number of ether oxygens (including phenoxy) is 1. The van der Waals surface area contributed by atoms with Crippen LogP contribution >= 0.6 is 23.2 Å². The molecule has 1 aromatic carbocycles. The average Bonchev–Trinajstić information content (AvgIpc) is 2.68. The van der Waals surface area contributed by atoms with Gasteiger partial charge in [-0.05, 0) is 12.1 Å². The summed E-state index contributed by atoms with van der Waals surface area (Å²) in [6, 6.07) is 5.03. The van der Waals surface area contributed by atoms with Crippen molar-refractivity contribution in [2.45, 2.75) is 6.10 Å². The van der Waals surface area contributed by atoms with Gasteiger partial charge < -0.3 is 9.84 Å². The monoisotopic (exact) mass is 286 g/mol. The molecule has 0 aliphatic rings. The van der Waals surface area contributed by atoms with Crippen LogP contribution in [0.15, 0.2) is 24.4 Å². The van der Waals surface area contributed by atoms with Crippen molar-refractivity contribution >= 4 is 23.2 Å². The molecule has 0 aliphatic carbocycles. The second-order valence-corrected chi connectivity index (χ2v) is 4.63. The zero-order valence-electron chi connectivity index (χ0n) is 9.89. The maximum absolute atomic E-state index is 10.4. The molecule has 2 aromatic rings. The number of aliphatic hydroxyl groups excluding tert-OH is 1. The summed E-state index contributed by atoms with van der Waals surface area (Å²) in [6.07, 6.45) is 0.569. The second kappa shape index (κ2) is 5.18. The molecule has 0 aliphatic heterocycles. The van der Waals surface area contributed by atoms with E-state index in [0.29, 0.717) is 27.1 Å². The zero-order chi connectivity index (χ0) is 13.3. The topological polar surface area (TPSA) is 47.3 Å². The van der Waals surface area contributed by atoms with Crippen molar-refractivity contribution in [1.82, 2.24) is 9.78 Å². The van der Waals surface area contributed by atoms with Crippen LogP contribution in [0.2, 0.25) is 10.0 Å². The fourth-order valence-electron chi connectivity index (χ4n) is 1.79. The van der Waals surface area contributed by atoms with Crippen LogP contribution in [0.1, 0.15) is 17.4 Å². The van der Waals surface area contributed by atoms with Crippen molar-refractivity contribution in [1.29, 1.82) is 0 Å². The van der Waals surface area contributed by atoms with Crippen LogP contribution in [-0.4, -0.2) is 22.0 Å². The molecule has 4 nitrogen and oxygen atoms in total. The third-order valence-electron chi connectivity index (χ3n) is 2.69. The number of aliphatic hydroxyl groups is 1. The minimum Gasteiger partial charge on any atom is -0.496 e. The van der Waals surface area contributed by atoms with Crippen LogP contribution < -0.4 is 4.74 Å². The number of nitrogens with zero attached hydrogens (tertiary/aromatic N) is 2. The van der Waals surface area contributed by atoms with Gasteiger partial charge >= 0.3 is 0 Å². The number of aromatic nitrogens is 2. The SMILES string of the molecule is COc1cc(Cl)ccc1C(O)c1c(Cl)cnn1C. The Bertz CT molecular complexity index is 550. The first kappa shape index (κ1) is 13.2. The summed E-state index contributed by atoms with van der Waals surface area (Å²) in [5.74, 6) is 0.507. The number of hydrogen-bond acceptors (Lipinski definition) is 3. The lowest BCUT2D eigenvalue weighted by Crippen LogP contribution is -2.08. The summed E-state index contributed by atoms with van der Waals surface area (Å²) in [4.78, 5) is 0. The van der Waals surface area contributed by atoms with Crippen molar-refractivity contribution < 1.29 is 9.84 Å². The van der Waals surface area contributed by atoms with Gasteiger partial charge in [0.1, 0.15) is 11.9 Å². The van der Waals surface area contributed by atoms with Gasteiger partial charge in [-0.3, -0.25) is 4.68 Å². The standard InChI is InChI=1S/C12H12Cl2N2O2/c1-16-11(9(14)6-15-16)12(17)8-4-3-7(13)5-10(8)18-2/h3-6,12,17H,1-2H3.